The zero-order chi connectivity index (χ0) is 22.5. The summed E-state index contributed by atoms with van der Waals surface area (Å²) in [5.74, 6) is 0.114. The van der Waals surface area contributed by atoms with Crippen LogP contribution in [0.1, 0.15) is 55.5 Å². The van der Waals surface area contributed by atoms with E-state index in [4.69, 9.17) is 9.73 Å². The van der Waals surface area contributed by atoms with Crippen LogP contribution >= 0.6 is 11.8 Å². The zero-order valence-electron chi connectivity index (χ0n) is 18.5. The van der Waals surface area contributed by atoms with Crippen molar-refractivity contribution < 1.29 is 14.3 Å². The van der Waals surface area contributed by atoms with Crippen molar-refractivity contribution in [2.24, 2.45) is 10.9 Å². The Morgan fingerprint density at radius 2 is 1.84 bits per heavy atom. The highest BCUT2D eigenvalue weighted by molar-refractivity contribution is 8.18. The first-order valence-corrected chi connectivity index (χ1v) is 12.0. The summed E-state index contributed by atoms with van der Waals surface area (Å²) in [6, 6.07) is 17.1. The Kier molecular flexibility index (Phi) is 7.10. The fraction of sp³-hybridized carbons (Fsp3) is 0.346. The Labute approximate surface area is 193 Å². The standard InChI is InChI=1S/C26H28N2O3S/c1-3-31-25(30)20-15-13-19(14-16-20)17-23-24(29)28(22-12-8-7-9-18(22)2)26(32-23)27-21-10-5-4-6-11-21/h4-6,10-11,13-18,22H,3,7-9,12H2,1-2H3/b23-17-,27-26?/t18-,22-/m0/s1. The molecule has 2 aromatic carbocycles. The Balaban J connectivity index is 1.64. The summed E-state index contributed by atoms with van der Waals surface area (Å²) in [7, 11) is 0. The van der Waals surface area contributed by atoms with Crippen molar-refractivity contribution in [2.45, 2.75) is 45.6 Å². The van der Waals surface area contributed by atoms with E-state index < -0.39 is 0 Å². The number of rotatable bonds is 5. The highest BCUT2D eigenvalue weighted by Crippen LogP contribution is 2.40. The minimum Gasteiger partial charge on any atom is -0.462 e. The number of amides is 1. The first kappa shape index (κ1) is 22.3. The molecule has 1 aliphatic heterocycles. The van der Waals surface area contributed by atoms with Gasteiger partial charge in [-0.15, -0.1) is 0 Å². The molecule has 1 saturated heterocycles. The lowest BCUT2D eigenvalue weighted by molar-refractivity contribution is -0.124. The van der Waals surface area contributed by atoms with Gasteiger partial charge in [0, 0.05) is 6.04 Å². The van der Waals surface area contributed by atoms with E-state index in [2.05, 4.69) is 6.92 Å². The monoisotopic (exact) mass is 448 g/mol. The molecule has 1 aliphatic carbocycles. The second-order valence-electron chi connectivity index (χ2n) is 8.19. The van der Waals surface area contributed by atoms with Gasteiger partial charge in [-0.1, -0.05) is 50.1 Å². The predicted octanol–water partition coefficient (Wildman–Crippen LogP) is 6.05. The van der Waals surface area contributed by atoms with Gasteiger partial charge in [0.1, 0.15) is 0 Å². The third-order valence-corrected chi connectivity index (χ3v) is 6.92. The van der Waals surface area contributed by atoms with Crippen LogP contribution in [0.3, 0.4) is 0 Å². The first-order chi connectivity index (χ1) is 15.6. The molecule has 1 amide bonds. The van der Waals surface area contributed by atoms with Crippen LogP contribution in [-0.2, 0) is 9.53 Å². The lowest BCUT2D eigenvalue weighted by Crippen LogP contribution is -2.44. The number of carbonyl (C=O) groups excluding carboxylic acids is 2. The van der Waals surface area contributed by atoms with Gasteiger partial charge in [0.05, 0.1) is 22.8 Å². The van der Waals surface area contributed by atoms with E-state index in [1.165, 1.54) is 18.2 Å². The van der Waals surface area contributed by atoms with Gasteiger partial charge < -0.3 is 4.74 Å². The number of nitrogens with zero attached hydrogens (tertiary/aromatic N) is 2. The van der Waals surface area contributed by atoms with Gasteiger partial charge in [-0.25, -0.2) is 9.79 Å². The number of hydrogen-bond acceptors (Lipinski definition) is 5. The van der Waals surface area contributed by atoms with Crippen molar-refractivity contribution in [3.63, 3.8) is 0 Å². The Hall–Kier alpha value is -2.86. The molecule has 6 heteroatoms. The highest BCUT2D eigenvalue weighted by Gasteiger charge is 2.41. The van der Waals surface area contributed by atoms with Crippen molar-refractivity contribution in [3.8, 4) is 0 Å². The van der Waals surface area contributed by atoms with Crippen molar-refractivity contribution in [1.82, 2.24) is 4.90 Å². The molecule has 2 aromatic rings. The first-order valence-electron chi connectivity index (χ1n) is 11.2. The fourth-order valence-electron chi connectivity index (χ4n) is 4.23. The molecule has 0 N–H and O–H groups in total. The lowest BCUT2D eigenvalue weighted by Gasteiger charge is -2.35. The molecule has 5 nitrogen and oxygen atoms in total. The molecule has 0 bridgehead atoms. The van der Waals surface area contributed by atoms with Crippen molar-refractivity contribution >= 4 is 40.6 Å². The van der Waals surface area contributed by atoms with Crippen LogP contribution in [-0.4, -0.2) is 34.6 Å². The van der Waals surface area contributed by atoms with Crippen LogP contribution in [0.2, 0.25) is 0 Å². The van der Waals surface area contributed by atoms with E-state index >= 15 is 0 Å². The van der Waals surface area contributed by atoms with Gasteiger partial charge in [0.15, 0.2) is 5.17 Å². The molecule has 32 heavy (non-hydrogen) atoms. The fourth-order valence-corrected chi connectivity index (χ4v) is 5.28. The molecule has 1 saturated carbocycles. The van der Waals surface area contributed by atoms with Gasteiger partial charge in [0.2, 0.25) is 0 Å². The van der Waals surface area contributed by atoms with Crippen LogP contribution in [0.15, 0.2) is 64.5 Å². The molecule has 2 atom stereocenters. The molecule has 4 rings (SSSR count). The Morgan fingerprint density at radius 1 is 1.12 bits per heavy atom. The molecule has 0 spiro atoms. The maximum atomic E-state index is 13.5. The SMILES string of the molecule is CCOC(=O)c1ccc(/C=C2\SC(=Nc3ccccc3)N([C@H]3CCCC[C@@H]3C)C2=O)cc1. The van der Waals surface area contributed by atoms with E-state index in [9.17, 15) is 9.59 Å². The minimum atomic E-state index is -0.340. The van der Waals surface area contributed by atoms with Crippen LogP contribution in [0.25, 0.3) is 6.08 Å². The van der Waals surface area contributed by atoms with E-state index in [1.54, 1.807) is 19.1 Å². The second-order valence-corrected chi connectivity index (χ2v) is 9.20. The number of thioether (sulfide) groups is 1. The zero-order valence-corrected chi connectivity index (χ0v) is 19.3. The molecule has 2 aliphatic rings. The average Bonchev–Trinajstić information content (AvgIpc) is 3.10. The van der Waals surface area contributed by atoms with Crippen LogP contribution < -0.4 is 0 Å². The summed E-state index contributed by atoms with van der Waals surface area (Å²) < 4.78 is 5.05. The quantitative estimate of drug-likeness (QED) is 0.413. The molecular weight excluding hydrogens is 420 g/mol. The number of ether oxygens (including phenoxy) is 1. The minimum absolute atomic E-state index is 0.0119. The van der Waals surface area contributed by atoms with Gasteiger partial charge in [0.25, 0.3) is 5.91 Å². The topological polar surface area (TPSA) is 59.0 Å². The Morgan fingerprint density at radius 3 is 2.53 bits per heavy atom. The predicted molar refractivity (Wildman–Crippen MR) is 130 cm³/mol. The molecular formula is C26H28N2O3S. The largest absolute Gasteiger partial charge is 0.462 e. The second kappa shape index (κ2) is 10.2. The van der Waals surface area contributed by atoms with Crippen LogP contribution in [0.4, 0.5) is 5.69 Å². The van der Waals surface area contributed by atoms with E-state index in [0.29, 0.717) is 23.0 Å². The van der Waals surface area contributed by atoms with Gasteiger partial charge in [-0.05, 0) is 73.4 Å². The number of benzene rings is 2. The lowest BCUT2D eigenvalue weighted by atomic mass is 9.85. The summed E-state index contributed by atoms with van der Waals surface area (Å²) in [5, 5.41) is 0.745. The van der Waals surface area contributed by atoms with Gasteiger partial charge in [-0.3, -0.25) is 9.69 Å². The van der Waals surface area contributed by atoms with Gasteiger partial charge >= 0.3 is 5.97 Å². The van der Waals surface area contributed by atoms with E-state index in [0.717, 1.165) is 35.7 Å². The number of carbonyl (C=O) groups is 2. The van der Waals surface area contributed by atoms with Crippen LogP contribution in [0.5, 0.6) is 0 Å². The van der Waals surface area contributed by atoms with E-state index in [-0.39, 0.29) is 17.9 Å². The third kappa shape index (κ3) is 4.96. The summed E-state index contributed by atoms with van der Waals surface area (Å²) in [4.78, 5) is 32.8. The number of esters is 1. The van der Waals surface area contributed by atoms with Crippen molar-refractivity contribution in [2.75, 3.05) is 6.61 Å². The molecule has 0 unspecified atom stereocenters. The summed E-state index contributed by atoms with van der Waals surface area (Å²) in [6.07, 6.45) is 6.37. The number of amidine groups is 1. The highest BCUT2D eigenvalue weighted by atomic mass is 32.2. The smallest absolute Gasteiger partial charge is 0.338 e. The molecule has 1 heterocycles. The molecule has 0 radical (unpaired) electrons. The summed E-state index contributed by atoms with van der Waals surface area (Å²) in [5.41, 5.74) is 2.21. The normalized spacial score (nSPS) is 23.7. The maximum Gasteiger partial charge on any atom is 0.338 e. The molecule has 2 fully saturated rings. The summed E-state index contributed by atoms with van der Waals surface area (Å²) >= 11 is 1.43. The molecule has 0 aromatic heterocycles. The summed E-state index contributed by atoms with van der Waals surface area (Å²) in [6.45, 7) is 4.36. The Bertz CT molecular complexity index is 1030. The number of hydrogen-bond donors (Lipinski definition) is 0. The average molecular weight is 449 g/mol. The van der Waals surface area contributed by atoms with Gasteiger partial charge in [-0.2, -0.15) is 0 Å². The van der Waals surface area contributed by atoms with E-state index in [1.807, 2.05) is 53.4 Å². The maximum absolute atomic E-state index is 13.5. The number of aliphatic imine (C=N–C) groups is 1. The van der Waals surface area contributed by atoms with Crippen molar-refractivity contribution in [1.29, 1.82) is 0 Å². The van der Waals surface area contributed by atoms with Crippen molar-refractivity contribution in [3.05, 3.63) is 70.6 Å². The number of para-hydroxylation sites is 1. The molecule has 166 valence electrons. The third-order valence-electron chi connectivity index (χ3n) is 5.94. The van der Waals surface area contributed by atoms with Crippen LogP contribution in [0, 0.1) is 5.92 Å².